The predicted molar refractivity (Wildman–Crippen MR) is 89.8 cm³/mol. The fourth-order valence-corrected chi connectivity index (χ4v) is 1.84. The van der Waals surface area contributed by atoms with E-state index < -0.39 is 6.10 Å². The summed E-state index contributed by atoms with van der Waals surface area (Å²) < 4.78 is 10.8. The van der Waals surface area contributed by atoms with Crippen molar-refractivity contribution in [1.29, 1.82) is 5.26 Å². The molecule has 0 spiro atoms. The minimum atomic E-state index is -0.686. The van der Waals surface area contributed by atoms with Gasteiger partial charge in [-0.15, -0.1) is 0 Å². The standard InChI is InChI=1S/C18H17N3O3/c1-14(24-16-8-3-2-4-9-16)18(22)21-20-13-15-7-5-6-10-17(15)23-12-11-19/h2-10,13-14H,12H2,1H3,(H,21,22)/b20-13+. The van der Waals surface area contributed by atoms with Crippen molar-refractivity contribution >= 4 is 12.1 Å². The third kappa shape index (κ3) is 5.14. The second kappa shape index (κ2) is 8.96. The summed E-state index contributed by atoms with van der Waals surface area (Å²) in [5, 5.41) is 12.5. The lowest BCUT2D eigenvalue weighted by molar-refractivity contribution is -0.127. The average molecular weight is 323 g/mol. The third-order valence-corrected chi connectivity index (χ3v) is 3.01. The van der Waals surface area contributed by atoms with Crippen molar-refractivity contribution in [2.75, 3.05) is 6.61 Å². The Bertz CT molecular complexity index is 739. The molecule has 0 aromatic heterocycles. The molecule has 122 valence electrons. The summed E-state index contributed by atoms with van der Waals surface area (Å²) in [5.74, 6) is 0.760. The Labute approximate surface area is 140 Å². The van der Waals surface area contributed by atoms with Gasteiger partial charge >= 0.3 is 0 Å². The van der Waals surface area contributed by atoms with E-state index in [1.807, 2.05) is 30.3 Å². The van der Waals surface area contributed by atoms with Gasteiger partial charge in [-0.2, -0.15) is 10.4 Å². The molecule has 0 aliphatic rings. The van der Waals surface area contributed by atoms with E-state index in [9.17, 15) is 4.79 Å². The Kier molecular flexibility index (Phi) is 6.35. The molecule has 0 heterocycles. The fourth-order valence-electron chi connectivity index (χ4n) is 1.84. The topological polar surface area (TPSA) is 83.7 Å². The molecule has 2 rings (SSSR count). The van der Waals surface area contributed by atoms with Gasteiger partial charge in [0.25, 0.3) is 5.91 Å². The molecule has 1 amide bonds. The number of ether oxygens (including phenoxy) is 2. The van der Waals surface area contributed by atoms with Gasteiger partial charge in [-0.3, -0.25) is 4.79 Å². The predicted octanol–water partition coefficient (Wildman–Crippen LogP) is 2.51. The highest BCUT2D eigenvalue weighted by Gasteiger charge is 2.13. The van der Waals surface area contributed by atoms with E-state index in [1.165, 1.54) is 6.21 Å². The van der Waals surface area contributed by atoms with E-state index in [0.717, 1.165) is 0 Å². The van der Waals surface area contributed by atoms with Crippen molar-refractivity contribution in [3.63, 3.8) is 0 Å². The van der Waals surface area contributed by atoms with E-state index in [2.05, 4.69) is 10.5 Å². The van der Waals surface area contributed by atoms with Crippen LogP contribution in [0.4, 0.5) is 0 Å². The molecule has 24 heavy (non-hydrogen) atoms. The summed E-state index contributed by atoms with van der Waals surface area (Å²) in [6, 6.07) is 18.1. The number of hydrogen-bond donors (Lipinski definition) is 1. The quantitative estimate of drug-likeness (QED) is 0.627. The Hall–Kier alpha value is -3.33. The molecule has 1 unspecified atom stereocenters. The highest BCUT2D eigenvalue weighted by Crippen LogP contribution is 2.15. The smallest absolute Gasteiger partial charge is 0.280 e. The van der Waals surface area contributed by atoms with Gasteiger partial charge in [0.05, 0.1) is 6.21 Å². The largest absolute Gasteiger partial charge is 0.481 e. The molecular formula is C18H17N3O3. The molecule has 1 atom stereocenters. The Balaban J connectivity index is 1.91. The number of amides is 1. The van der Waals surface area contributed by atoms with Gasteiger partial charge in [-0.05, 0) is 31.2 Å². The van der Waals surface area contributed by atoms with E-state index in [-0.39, 0.29) is 12.5 Å². The normalized spacial score (nSPS) is 11.5. The molecule has 0 aliphatic carbocycles. The van der Waals surface area contributed by atoms with Gasteiger partial charge in [0.2, 0.25) is 0 Å². The van der Waals surface area contributed by atoms with Crippen LogP contribution in [0.5, 0.6) is 11.5 Å². The number of para-hydroxylation sites is 2. The number of carbonyl (C=O) groups is 1. The average Bonchev–Trinajstić information content (AvgIpc) is 2.61. The molecular weight excluding hydrogens is 306 g/mol. The number of nitriles is 1. The monoisotopic (exact) mass is 323 g/mol. The molecule has 6 nitrogen and oxygen atoms in total. The van der Waals surface area contributed by atoms with E-state index in [4.69, 9.17) is 14.7 Å². The summed E-state index contributed by atoms with van der Waals surface area (Å²) in [7, 11) is 0. The van der Waals surface area contributed by atoms with Crippen LogP contribution in [0.2, 0.25) is 0 Å². The number of benzene rings is 2. The van der Waals surface area contributed by atoms with Crippen molar-refractivity contribution in [1.82, 2.24) is 5.43 Å². The van der Waals surface area contributed by atoms with Gasteiger partial charge in [-0.1, -0.05) is 30.3 Å². The minimum Gasteiger partial charge on any atom is -0.481 e. The Morgan fingerprint density at radius 2 is 1.96 bits per heavy atom. The molecule has 2 aromatic carbocycles. The number of carbonyl (C=O) groups excluding carboxylic acids is 1. The first-order valence-corrected chi connectivity index (χ1v) is 7.34. The summed E-state index contributed by atoms with van der Waals surface area (Å²) in [6.07, 6.45) is 0.773. The zero-order valence-electron chi connectivity index (χ0n) is 13.2. The van der Waals surface area contributed by atoms with Crippen LogP contribution >= 0.6 is 0 Å². The van der Waals surface area contributed by atoms with Crippen LogP contribution in [0, 0.1) is 11.3 Å². The molecule has 0 bridgehead atoms. The first kappa shape index (κ1) is 17.0. The lowest BCUT2D eigenvalue weighted by Crippen LogP contribution is -2.33. The van der Waals surface area contributed by atoms with Crippen molar-refractivity contribution in [2.45, 2.75) is 13.0 Å². The molecule has 1 N–H and O–H groups in total. The summed E-state index contributed by atoms with van der Waals surface area (Å²) in [5.41, 5.74) is 3.08. The maximum absolute atomic E-state index is 12.0. The molecule has 0 saturated carbocycles. The highest BCUT2D eigenvalue weighted by molar-refractivity contribution is 5.86. The molecule has 2 aromatic rings. The van der Waals surface area contributed by atoms with Gasteiger partial charge in [0, 0.05) is 5.56 Å². The summed E-state index contributed by atoms with van der Waals surface area (Å²) >= 11 is 0. The van der Waals surface area contributed by atoms with Crippen LogP contribution in [0.15, 0.2) is 59.7 Å². The first-order valence-electron chi connectivity index (χ1n) is 7.34. The van der Waals surface area contributed by atoms with Crippen LogP contribution in [-0.2, 0) is 4.79 Å². The second-order valence-corrected chi connectivity index (χ2v) is 4.79. The van der Waals surface area contributed by atoms with Crippen molar-refractivity contribution in [3.05, 3.63) is 60.2 Å². The van der Waals surface area contributed by atoms with Crippen molar-refractivity contribution in [2.24, 2.45) is 5.10 Å². The molecule has 0 fully saturated rings. The number of hydrogen-bond acceptors (Lipinski definition) is 5. The number of hydrazone groups is 1. The first-order chi connectivity index (χ1) is 11.7. The lowest BCUT2D eigenvalue weighted by Gasteiger charge is -2.12. The summed E-state index contributed by atoms with van der Waals surface area (Å²) in [6.45, 7) is 1.58. The van der Waals surface area contributed by atoms with E-state index in [0.29, 0.717) is 17.1 Å². The van der Waals surface area contributed by atoms with Gasteiger partial charge in [0.1, 0.15) is 17.6 Å². The van der Waals surface area contributed by atoms with Crippen molar-refractivity contribution in [3.8, 4) is 17.6 Å². The van der Waals surface area contributed by atoms with Crippen LogP contribution < -0.4 is 14.9 Å². The van der Waals surface area contributed by atoms with Gasteiger partial charge < -0.3 is 9.47 Å². The third-order valence-electron chi connectivity index (χ3n) is 3.01. The van der Waals surface area contributed by atoms with Crippen LogP contribution in [0.3, 0.4) is 0 Å². The number of nitrogens with zero attached hydrogens (tertiary/aromatic N) is 2. The lowest BCUT2D eigenvalue weighted by atomic mass is 10.2. The Morgan fingerprint density at radius 3 is 2.71 bits per heavy atom. The van der Waals surface area contributed by atoms with Crippen LogP contribution in [0.1, 0.15) is 12.5 Å². The molecule has 6 heteroatoms. The maximum Gasteiger partial charge on any atom is 0.280 e. The Morgan fingerprint density at radius 1 is 1.25 bits per heavy atom. The van der Waals surface area contributed by atoms with Crippen LogP contribution in [0.25, 0.3) is 0 Å². The fraction of sp³-hybridized carbons (Fsp3) is 0.167. The maximum atomic E-state index is 12.0. The van der Waals surface area contributed by atoms with Crippen molar-refractivity contribution < 1.29 is 14.3 Å². The van der Waals surface area contributed by atoms with Gasteiger partial charge in [-0.25, -0.2) is 5.43 Å². The second-order valence-electron chi connectivity index (χ2n) is 4.79. The SMILES string of the molecule is CC(Oc1ccccc1)C(=O)N/N=C/c1ccccc1OCC#N. The van der Waals surface area contributed by atoms with Crippen LogP contribution in [-0.4, -0.2) is 24.8 Å². The zero-order chi connectivity index (χ0) is 17.2. The van der Waals surface area contributed by atoms with Gasteiger partial charge in [0.15, 0.2) is 12.7 Å². The molecule has 0 aliphatic heterocycles. The minimum absolute atomic E-state index is 0.0564. The number of rotatable bonds is 7. The van der Waals surface area contributed by atoms with E-state index >= 15 is 0 Å². The summed E-state index contributed by atoms with van der Waals surface area (Å²) in [4.78, 5) is 12.0. The highest BCUT2D eigenvalue weighted by atomic mass is 16.5. The number of nitrogens with one attached hydrogen (secondary N) is 1. The zero-order valence-corrected chi connectivity index (χ0v) is 13.2. The molecule has 0 radical (unpaired) electrons. The van der Waals surface area contributed by atoms with E-state index in [1.54, 1.807) is 37.3 Å². The molecule has 0 saturated heterocycles.